The van der Waals surface area contributed by atoms with Crippen LogP contribution in [0.2, 0.25) is 0 Å². The fourth-order valence-electron chi connectivity index (χ4n) is 5.31. The number of aromatic nitrogens is 1. The highest BCUT2D eigenvalue weighted by molar-refractivity contribution is 5.98. The largest absolute Gasteiger partial charge is 0.480 e. The van der Waals surface area contributed by atoms with E-state index in [4.69, 9.17) is 9.47 Å². The number of amides is 3. The number of aliphatic carboxylic acids is 1. The Kier molecular flexibility index (Phi) is 11.9. The lowest BCUT2D eigenvalue weighted by Crippen LogP contribution is -2.46. The highest BCUT2D eigenvalue weighted by Gasteiger charge is 2.28. The summed E-state index contributed by atoms with van der Waals surface area (Å²) in [7, 11) is 0. The Morgan fingerprint density at radius 3 is 1.76 bits per heavy atom. The number of carboxylic acids is 1. The predicted octanol–water partition coefficient (Wildman–Crippen LogP) is 4.86. The van der Waals surface area contributed by atoms with E-state index in [1.54, 1.807) is 48.5 Å². The molecular weight excluding hydrogens is 640 g/mol. The van der Waals surface area contributed by atoms with Gasteiger partial charge >= 0.3 is 18.2 Å². The molecule has 0 unspecified atom stereocenters. The van der Waals surface area contributed by atoms with Gasteiger partial charge in [-0.15, -0.1) is 0 Å². The van der Waals surface area contributed by atoms with Crippen LogP contribution in [-0.2, 0) is 45.1 Å². The zero-order valence-electron chi connectivity index (χ0n) is 27.0. The van der Waals surface area contributed by atoms with Gasteiger partial charge in [0.25, 0.3) is 5.91 Å². The van der Waals surface area contributed by atoms with E-state index in [-0.39, 0.29) is 26.1 Å². The first-order valence-electron chi connectivity index (χ1n) is 15.9. The summed E-state index contributed by atoms with van der Waals surface area (Å²) in [5.41, 5.74) is 3.32. The average Bonchev–Trinajstić information content (AvgIpc) is 3.50. The van der Waals surface area contributed by atoms with Gasteiger partial charge in [0.1, 0.15) is 31.8 Å². The van der Waals surface area contributed by atoms with Crippen molar-refractivity contribution in [3.8, 4) is 0 Å². The number of fused-ring (bicyclic) bond motifs is 1. The number of ether oxygens (including phenoxy) is 2. The summed E-state index contributed by atoms with van der Waals surface area (Å²) in [6.45, 7) is -0.488. The smallest absolute Gasteiger partial charge is 0.408 e. The summed E-state index contributed by atoms with van der Waals surface area (Å²) in [5.74, 6) is -2.52. The zero-order valence-corrected chi connectivity index (χ0v) is 27.0. The van der Waals surface area contributed by atoms with Gasteiger partial charge in [-0.3, -0.25) is 14.2 Å². The molecule has 0 spiro atoms. The van der Waals surface area contributed by atoms with Crippen molar-refractivity contribution in [3.05, 3.63) is 144 Å². The quantitative estimate of drug-likeness (QED) is 0.130. The molecular formula is C38H36N4O8. The number of rotatable bonds is 14. The highest BCUT2D eigenvalue weighted by atomic mass is 16.6. The second-order valence-electron chi connectivity index (χ2n) is 11.4. The van der Waals surface area contributed by atoms with Crippen LogP contribution in [0.4, 0.5) is 9.59 Å². The molecule has 4 N–H and O–H groups in total. The van der Waals surface area contributed by atoms with Gasteiger partial charge in [-0.05, 0) is 28.3 Å². The summed E-state index contributed by atoms with van der Waals surface area (Å²) in [5, 5.41) is 18.0. The van der Waals surface area contributed by atoms with Crippen molar-refractivity contribution in [2.24, 2.45) is 0 Å². The van der Waals surface area contributed by atoms with Gasteiger partial charge in [0.05, 0.1) is 5.52 Å². The molecule has 3 amide bonds. The van der Waals surface area contributed by atoms with Gasteiger partial charge in [0.15, 0.2) is 0 Å². The van der Waals surface area contributed by atoms with Crippen LogP contribution >= 0.6 is 0 Å². The molecule has 0 bridgehead atoms. The third-order valence-electron chi connectivity index (χ3n) is 7.78. The van der Waals surface area contributed by atoms with E-state index in [0.717, 1.165) is 16.7 Å². The van der Waals surface area contributed by atoms with Crippen LogP contribution in [-0.4, -0.2) is 58.3 Å². The molecule has 1 aromatic heterocycles. The Labute approximate surface area is 288 Å². The van der Waals surface area contributed by atoms with E-state index in [1.807, 2.05) is 66.7 Å². The highest BCUT2D eigenvalue weighted by Crippen LogP contribution is 2.24. The van der Waals surface area contributed by atoms with Crippen molar-refractivity contribution in [2.45, 2.75) is 38.1 Å². The number of hydrogen-bond acceptors (Lipinski definition) is 7. The topological polar surface area (TPSA) is 165 Å². The molecule has 0 fully saturated rings. The van der Waals surface area contributed by atoms with Crippen molar-refractivity contribution >= 4 is 40.9 Å². The van der Waals surface area contributed by atoms with Gasteiger partial charge in [-0.2, -0.15) is 0 Å². The molecule has 1 heterocycles. The van der Waals surface area contributed by atoms with Gasteiger partial charge in [0, 0.05) is 24.4 Å². The standard InChI is InChI=1S/C38H36N4O8/c43-34(22-39-37(47)49-24-27-14-6-2-7-15-27)40-32(36(45)46)21-29-23-42(33-19-11-10-18-30(29)33)35(44)31(20-26-12-4-1-5-13-26)41-38(48)50-25-28-16-8-3-9-17-28/h1-19,23,31-32H,20-22,24-25H2,(H,39,47)(H,40,43)(H,41,48)(H,45,46)/t31-,32-/m0/s1. The fourth-order valence-corrected chi connectivity index (χ4v) is 5.31. The van der Waals surface area contributed by atoms with E-state index in [0.29, 0.717) is 16.5 Å². The Bertz CT molecular complexity index is 1930. The summed E-state index contributed by atoms with van der Waals surface area (Å²) in [4.78, 5) is 64.0. The lowest BCUT2D eigenvalue weighted by atomic mass is 10.0. The molecule has 5 aromatic rings. The van der Waals surface area contributed by atoms with Crippen LogP contribution in [0.3, 0.4) is 0 Å². The van der Waals surface area contributed by atoms with Crippen LogP contribution in [0.25, 0.3) is 10.9 Å². The molecule has 2 atom stereocenters. The van der Waals surface area contributed by atoms with Crippen LogP contribution in [0, 0.1) is 0 Å². The maximum absolute atomic E-state index is 14.1. The predicted molar refractivity (Wildman–Crippen MR) is 184 cm³/mol. The fraction of sp³-hybridized carbons (Fsp3) is 0.184. The third kappa shape index (κ3) is 9.80. The summed E-state index contributed by atoms with van der Waals surface area (Å²) in [6, 6.07) is 31.8. The molecule has 0 radical (unpaired) electrons. The van der Waals surface area contributed by atoms with Crippen LogP contribution in [0.15, 0.2) is 121 Å². The first-order chi connectivity index (χ1) is 24.3. The molecule has 0 saturated heterocycles. The number of nitrogens with one attached hydrogen (secondary N) is 3. The van der Waals surface area contributed by atoms with E-state index in [2.05, 4.69) is 16.0 Å². The third-order valence-corrected chi connectivity index (χ3v) is 7.78. The molecule has 0 saturated carbocycles. The Hall–Kier alpha value is -6.43. The minimum atomic E-state index is -1.38. The Morgan fingerprint density at radius 1 is 0.620 bits per heavy atom. The Balaban J connectivity index is 1.28. The van der Waals surface area contributed by atoms with Gasteiger partial charge in [-0.25, -0.2) is 14.4 Å². The van der Waals surface area contributed by atoms with Crippen molar-refractivity contribution in [3.63, 3.8) is 0 Å². The second-order valence-corrected chi connectivity index (χ2v) is 11.4. The number of alkyl carbamates (subject to hydrolysis) is 2. The molecule has 0 aliphatic carbocycles. The van der Waals surface area contributed by atoms with Crippen molar-refractivity contribution in [2.75, 3.05) is 6.54 Å². The molecule has 4 aromatic carbocycles. The van der Waals surface area contributed by atoms with Crippen molar-refractivity contribution in [1.82, 2.24) is 20.5 Å². The monoisotopic (exact) mass is 676 g/mol. The number of nitrogens with zero attached hydrogens (tertiary/aromatic N) is 1. The lowest BCUT2D eigenvalue weighted by Gasteiger charge is -2.19. The average molecular weight is 677 g/mol. The number of carbonyl (C=O) groups excluding carboxylic acids is 4. The maximum atomic E-state index is 14.1. The zero-order chi connectivity index (χ0) is 35.3. The lowest BCUT2D eigenvalue weighted by molar-refractivity contribution is -0.141. The Morgan fingerprint density at radius 2 is 1.16 bits per heavy atom. The van der Waals surface area contributed by atoms with Crippen LogP contribution < -0.4 is 16.0 Å². The van der Waals surface area contributed by atoms with E-state index < -0.39 is 48.6 Å². The summed E-state index contributed by atoms with van der Waals surface area (Å²) in [6.07, 6.45) is -0.0955. The number of benzene rings is 4. The van der Waals surface area contributed by atoms with E-state index >= 15 is 0 Å². The molecule has 5 rings (SSSR count). The molecule has 256 valence electrons. The van der Waals surface area contributed by atoms with Gasteiger partial charge in [-0.1, -0.05) is 109 Å². The molecule has 50 heavy (non-hydrogen) atoms. The summed E-state index contributed by atoms with van der Waals surface area (Å²) >= 11 is 0. The second kappa shape index (κ2) is 17.1. The van der Waals surface area contributed by atoms with E-state index in [1.165, 1.54) is 10.8 Å². The van der Waals surface area contributed by atoms with Crippen molar-refractivity contribution in [1.29, 1.82) is 0 Å². The normalized spacial score (nSPS) is 11.9. The number of carbonyl (C=O) groups is 5. The molecule has 12 heteroatoms. The first kappa shape index (κ1) is 34.9. The van der Waals surface area contributed by atoms with Crippen LogP contribution in [0.1, 0.15) is 27.0 Å². The minimum absolute atomic E-state index is 0.00538. The number of hydrogen-bond donors (Lipinski definition) is 4. The van der Waals surface area contributed by atoms with E-state index in [9.17, 15) is 29.1 Å². The SMILES string of the molecule is O=C(CNC(=O)OCc1ccccc1)N[C@@H](Cc1cn(C(=O)[C@H](Cc2ccccc2)NC(=O)OCc2ccccc2)c2ccccc12)C(=O)O. The summed E-state index contributed by atoms with van der Waals surface area (Å²) < 4.78 is 11.9. The van der Waals surface area contributed by atoms with Crippen molar-refractivity contribution < 1.29 is 38.6 Å². The van der Waals surface area contributed by atoms with Crippen LogP contribution in [0.5, 0.6) is 0 Å². The molecule has 0 aliphatic heterocycles. The minimum Gasteiger partial charge on any atom is -0.480 e. The van der Waals surface area contributed by atoms with Gasteiger partial charge in [0.2, 0.25) is 5.91 Å². The number of carboxylic acid groups (broad SMARTS) is 1. The molecule has 12 nitrogen and oxygen atoms in total. The first-order valence-corrected chi connectivity index (χ1v) is 15.9. The molecule has 0 aliphatic rings. The van der Waals surface area contributed by atoms with Gasteiger partial charge < -0.3 is 30.5 Å². The number of para-hydroxylation sites is 1. The maximum Gasteiger partial charge on any atom is 0.408 e.